The molecule has 1 aromatic heterocycles. The number of benzene rings is 1. The van der Waals surface area contributed by atoms with Crippen LogP contribution in [-0.2, 0) is 17.8 Å². The van der Waals surface area contributed by atoms with Crippen LogP contribution in [0.1, 0.15) is 30.5 Å². The molecule has 1 N–H and O–H groups in total. The molecule has 1 fully saturated rings. The number of thioether (sulfide) groups is 1. The normalized spacial score (nSPS) is 20.1. The van der Waals surface area contributed by atoms with Gasteiger partial charge in [-0.2, -0.15) is 0 Å². The number of hydrogen-bond donors (Lipinski definition) is 1. The van der Waals surface area contributed by atoms with E-state index in [9.17, 15) is 9.59 Å². The number of thiocarbonyl (C=S) groups is 1. The molecule has 1 saturated heterocycles. The number of nitrogens with one attached hydrogen (secondary N) is 1. The van der Waals surface area contributed by atoms with Crippen molar-refractivity contribution in [2.45, 2.75) is 32.2 Å². The monoisotopic (exact) mass is 427 g/mol. The van der Waals surface area contributed by atoms with E-state index in [-0.39, 0.29) is 11.5 Å². The number of likely N-dealkylation sites (tertiary alicyclic amines) is 1. The van der Waals surface area contributed by atoms with Gasteiger partial charge in [0.15, 0.2) is 0 Å². The van der Waals surface area contributed by atoms with Crippen LogP contribution in [0.25, 0.3) is 0 Å². The summed E-state index contributed by atoms with van der Waals surface area (Å²) in [5.41, 5.74) is 3.26. The summed E-state index contributed by atoms with van der Waals surface area (Å²) in [7, 11) is 0. The van der Waals surface area contributed by atoms with E-state index < -0.39 is 0 Å². The zero-order valence-electron chi connectivity index (χ0n) is 16.5. The molecular formula is C22H25N3O2S2. The standard InChI is InChI=1S/C22H25N3O2S2/c1-2-15-6-8-18(9-7-15)23-20(26)14-29-22(28)24-11-16-10-17(13-24)19-4-3-5-21(27)25(19)12-16/h3-9,16-17H,2,10-14H2,1H3,(H,23,26). The molecule has 3 heterocycles. The number of rotatable bonds is 4. The Kier molecular flexibility index (Phi) is 6.06. The molecule has 0 aliphatic carbocycles. The van der Waals surface area contributed by atoms with E-state index in [0.717, 1.165) is 48.2 Å². The summed E-state index contributed by atoms with van der Waals surface area (Å²) >= 11 is 7.05. The number of fused-ring (bicyclic) bond motifs is 4. The van der Waals surface area contributed by atoms with Gasteiger partial charge in [0.25, 0.3) is 5.56 Å². The lowest BCUT2D eigenvalue weighted by atomic mass is 9.83. The number of carbonyl (C=O) groups is 1. The van der Waals surface area contributed by atoms with Gasteiger partial charge in [-0.05, 0) is 42.5 Å². The van der Waals surface area contributed by atoms with Crippen molar-refractivity contribution in [2.24, 2.45) is 5.92 Å². The third kappa shape index (κ3) is 4.56. The summed E-state index contributed by atoms with van der Waals surface area (Å²) in [5, 5.41) is 2.93. The predicted octanol–water partition coefficient (Wildman–Crippen LogP) is 3.49. The molecule has 2 aliphatic rings. The van der Waals surface area contributed by atoms with Crippen molar-refractivity contribution in [2.75, 3.05) is 24.2 Å². The maximum absolute atomic E-state index is 12.3. The Bertz CT molecular complexity index is 971. The summed E-state index contributed by atoms with van der Waals surface area (Å²) in [4.78, 5) is 26.7. The smallest absolute Gasteiger partial charge is 0.250 e. The zero-order valence-corrected chi connectivity index (χ0v) is 18.1. The molecule has 2 unspecified atom stereocenters. The SMILES string of the molecule is CCc1ccc(NC(=O)CSC(=S)N2CC3CC(C2)c2cccc(=O)n2C3)cc1. The van der Waals surface area contributed by atoms with Crippen LogP contribution >= 0.6 is 24.0 Å². The van der Waals surface area contributed by atoms with Gasteiger partial charge in [-0.1, -0.05) is 49.1 Å². The molecule has 29 heavy (non-hydrogen) atoms. The molecule has 2 bridgehead atoms. The Morgan fingerprint density at radius 3 is 2.72 bits per heavy atom. The molecule has 2 aliphatic heterocycles. The molecule has 152 valence electrons. The second-order valence-corrected chi connectivity index (χ2v) is 9.37. The average Bonchev–Trinajstić information content (AvgIpc) is 2.73. The number of piperidine rings is 1. The van der Waals surface area contributed by atoms with Gasteiger partial charge in [-0.15, -0.1) is 0 Å². The molecule has 0 spiro atoms. The number of carbonyl (C=O) groups excluding carboxylic acids is 1. The van der Waals surface area contributed by atoms with E-state index in [2.05, 4.69) is 23.2 Å². The summed E-state index contributed by atoms with van der Waals surface area (Å²) in [6.45, 7) is 4.52. The summed E-state index contributed by atoms with van der Waals surface area (Å²) < 4.78 is 2.69. The minimum atomic E-state index is -0.0456. The molecule has 0 radical (unpaired) electrons. The summed E-state index contributed by atoms with van der Waals surface area (Å²) in [5.74, 6) is 0.998. The first-order chi connectivity index (χ1) is 14.0. The van der Waals surface area contributed by atoms with Crippen molar-refractivity contribution in [1.82, 2.24) is 9.47 Å². The minimum absolute atomic E-state index is 0.0456. The van der Waals surface area contributed by atoms with Crippen molar-refractivity contribution < 1.29 is 4.79 Å². The molecule has 2 aromatic rings. The largest absolute Gasteiger partial charge is 0.356 e. The Morgan fingerprint density at radius 2 is 1.97 bits per heavy atom. The van der Waals surface area contributed by atoms with Crippen molar-refractivity contribution in [3.8, 4) is 0 Å². The van der Waals surface area contributed by atoms with Crippen LogP contribution in [0.15, 0.2) is 47.3 Å². The highest BCUT2D eigenvalue weighted by molar-refractivity contribution is 8.23. The van der Waals surface area contributed by atoms with Crippen molar-refractivity contribution in [3.63, 3.8) is 0 Å². The highest BCUT2D eigenvalue weighted by atomic mass is 32.2. The second-order valence-electron chi connectivity index (χ2n) is 7.76. The van der Waals surface area contributed by atoms with E-state index >= 15 is 0 Å². The number of aromatic nitrogens is 1. The van der Waals surface area contributed by atoms with E-state index in [1.165, 1.54) is 17.3 Å². The molecule has 1 amide bonds. The number of anilines is 1. The fourth-order valence-electron chi connectivity index (χ4n) is 4.28. The van der Waals surface area contributed by atoms with Crippen molar-refractivity contribution >= 4 is 39.9 Å². The molecule has 0 saturated carbocycles. The highest BCUT2D eigenvalue weighted by Crippen LogP contribution is 2.36. The Morgan fingerprint density at radius 1 is 1.17 bits per heavy atom. The van der Waals surface area contributed by atoms with Gasteiger partial charge < -0.3 is 14.8 Å². The first-order valence-corrected chi connectivity index (χ1v) is 11.4. The van der Waals surface area contributed by atoms with Crippen LogP contribution < -0.4 is 10.9 Å². The van der Waals surface area contributed by atoms with Crippen LogP contribution in [-0.4, -0.2) is 38.5 Å². The zero-order chi connectivity index (χ0) is 20.4. The van der Waals surface area contributed by atoms with Crippen molar-refractivity contribution in [3.05, 3.63) is 64.1 Å². The third-order valence-corrected chi connectivity index (χ3v) is 7.23. The quantitative estimate of drug-likeness (QED) is 0.757. The topological polar surface area (TPSA) is 54.3 Å². The average molecular weight is 428 g/mol. The summed E-state index contributed by atoms with van der Waals surface area (Å²) in [6, 6.07) is 13.5. The Labute approximate surface area is 180 Å². The second kappa shape index (κ2) is 8.71. The van der Waals surface area contributed by atoms with E-state index in [1.54, 1.807) is 6.07 Å². The van der Waals surface area contributed by atoms with Crippen molar-refractivity contribution in [1.29, 1.82) is 0 Å². The molecule has 4 rings (SSSR count). The molecule has 2 atom stereocenters. The molecule has 5 nitrogen and oxygen atoms in total. The van der Waals surface area contributed by atoms with Gasteiger partial charge in [0, 0.05) is 43.0 Å². The van der Waals surface area contributed by atoms with Crippen LogP contribution in [0.2, 0.25) is 0 Å². The van der Waals surface area contributed by atoms with Gasteiger partial charge in [0.05, 0.1) is 5.75 Å². The summed E-state index contributed by atoms with van der Waals surface area (Å²) in [6.07, 6.45) is 2.08. The minimum Gasteiger partial charge on any atom is -0.356 e. The first kappa shape index (κ1) is 20.2. The Hall–Kier alpha value is -2.12. The molecule has 1 aromatic carbocycles. The van der Waals surface area contributed by atoms with E-state index in [4.69, 9.17) is 12.2 Å². The number of aryl methyl sites for hydroxylation is 1. The fourth-order valence-corrected chi connectivity index (χ4v) is 5.27. The van der Waals surface area contributed by atoms with Gasteiger partial charge in [-0.3, -0.25) is 9.59 Å². The lowest BCUT2D eigenvalue weighted by Gasteiger charge is -2.43. The van der Waals surface area contributed by atoms with Gasteiger partial charge in [0.1, 0.15) is 4.32 Å². The number of nitrogens with zero attached hydrogens (tertiary/aromatic N) is 2. The maximum atomic E-state index is 12.3. The van der Waals surface area contributed by atoms with Crippen LogP contribution in [0.4, 0.5) is 5.69 Å². The van der Waals surface area contributed by atoms with Gasteiger partial charge in [0.2, 0.25) is 5.91 Å². The number of pyridine rings is 1. The van der Waals surface area contributed by atoms with Crippen LogP contribution in [0.3, 0.4) is 0 Å². The number of amides is 1. The lowest BCUT2D eigenvalue weighted by molar-refractivity contribution is -0.113. The molecular weight excluding hydrogens is 402 g/mol. The molecule has 7 heteroatoms. The first-order valence-electron chi connectivity index (χ1n) is 10.0. The number of hydrogen-bond acceptors (Lipinski definition) is 4. The lowest BCUT2D eigenvalue weighted by Crippen LogP contribution is -2.48. The van der Waals surface area contributed by atoms with Crippen LogP contribution in [0, 0.1) is 5.92 Å². The predicted molar refractivity (Wildman–Crippen MR) is 123 cm³/mol. The van der Waals surface area contributed by atoms with E-state index in [0.29, 0.717) is 17.6 Å². The van der Waals surface area contributed by atoms with Crippen LogP contribution in [0.5, 0.6) is 0 Å². The maximum Gasteiger partial charge on any atom is 0.250 e. The fraction of sp³-hybridized carbons (Fsp3) is 0.409. The van der Waals surface area contributed by atoms with Gasteiger partial charge >= 0.3 is 0 Å². The van der Waals surface area contributed by atoms with E-state index in [1.807, 2.05) is 34.9 Å². The Balaban J connectivity index is 1.32. The highest BCUT2D eigenvalue weighted by Gasteiger charge is 2.35. The third-order valence-electron chi connectivity index (χ3n) is 5.71. The van der Waals surface area contributed by atoms with Gasteiger partial charge in [-0.25, -0.2) is 0 Å².